The molecule has 1 amide bonds. The van der Waals surface area contributed by atoms with Crippen LogP contribution in [0.2, 0.25) is 5.02 Å². The topological polar surface area (TPSA) is 46.6 Å². The van der Waals surface area contributed by atoms with Crippen LogP contribution in [0.5, 0.6) is 5.75 Å². The van der Waals surface area contributed by atoms with Crippen molar-refractivity contribution in [2.45, 2.75) is 46.0 Å². The highest BCUT2D eigenvalue weighted by Gasteiger charge is 2.44. The number of benzene rings is 2. The zero-order chi connectivity index (χ0) is 21.5. The van der Waals surface area contributed by atoms with Crippen molar-refractivity contribution in [3.8, 4) is 5.75 Å². The second-order valence-corrected chi connectivity index (χ2v) is 9.14. The van der Waals surface area contributed by atoms with Crippen molar-refractivity contribution < 1.29 is 14.3 Å². The summed E-state index contributed by atoms with van der Waals surface area (Å²) in [7, 11) is 0. The van der Waals surface area contributed by atoms with Gasteiger partial charge in [0.25, 0.3) is 0 Å². The quantitative estimate of drug-likeness (QED) is 0.614. The van der Waals surface area contributed by atoms with Crippen molar-refractivity contribution >= 4 is 29.0 Å². The van der Waals surface area contributed by atoms with Gasteiger partial charge in [0, 0.05) is 40.7 Å². The molecule has 2 aromatic rings. The van der Waals surface area contributed by atoms with Crippen molar-refractivity contribution in [2.24, 2.45) is 5.41 Å². The molecule has 1 aliphatic carbocycles. The standard InChI is InChI=1S/C25H26ClNO3/c1-4-30-17-11-9-16(10-12-17)27-21-14-25(2,3)15-22(28)24(21)19(13-23(27)29)18-7-5-6-8-20(18)26/h5-12,19H,4,13-15H2,1-3H3. The first-order chi connectivity index (χ1) is 14.3. The van der Waals surface area contributed by atoms with Crippen LogP contribution in [0.15, 0.2) is 59.8 Å². The molecular formula is C25H26ClNO3. The van der Waals surface area contributed by atoms with Crippen LogP contribution in [0.3, 0.4) is 0 Å². The number of halogens is 1. The molecule has 0 radical (unpaired) electrons. The van der Waals surface area contributed by atoms with Crippen molar-refractivity contribution in [1.82, 2.24) is 0 Å². The van der Waals surface area contributed by atoms with Crippen molar-refractivity contribution in [3.63, 3.8) is 0 Å². The predicted molar refractivity (Wildman–Crippen MR) is 119 cm³/mol. The molecule has 0 bridgehead atoms. The Kier molecular flexibility index (Phi) is 5.46. The number of allylic oxidation sites excluding steroid dienone is 2. The van der Waals surface area contributed by atoms with E-state index in [-0.39, 0.29) is 29.4 Å². The van der Waals surface area contributed by atoms with E-state index in [2.05, 4.69) is 13.8 Å². The van der Waals surface area contributed by atoms with E-state index in [0.29, 0.717) is 24.5 Å². The summed E-state index contributed by atoms with van der Waals surface area (Å²) in [5, 5.41) is 0.592. The monoisotopic (exact) mass is 423 g/mol. The Morgan fingerprint density at radius 2 is 1.77 bits per heavy atom. The number of ketones is 1. The Labute approximate surface area is 182 Å². The number of Topliss-reactive ketones (excluding diaryl/α,β-unsaturated/α-hetero) is 1. The minimum atomic E-state index is -0.302. The molecule has 0 aromatic heterocycles. The Balaban J connectivity index is 1.85. The van der Waals surface area contributed by atoms with Crippen molar-refractivity contribution in [3.05, 3.63) is 70.4 Å². The lowest BCUT2D eigenvalue weighted by atomic mass is 9.69. The van der Waals surface area contributed by atoms with Crippen LogP contribution in [0, 0.1) is 5.41 Å². The highest BCUT2D eigenvalue weighted by Crippen LogP contribution is 2.49. The number of amides is 1. The summed E-state index contributed by atoms with van der Waals surface area (Å²) in [4.78, 5) is 28.4. The summed E-state index contributed by atoms with van der Waals surface area (Å²) in [6.07, 6.45) is 1.36. The maximum Gasteiger partial charge on any atom is 0.232 e. The van der Waals surface area contributed by atoms with Crippen LogP contribution in [0.4, 0.5) is 5.69 Å². The lowest BCUT2D eigenvalue weighted by molar-refractivity contribution is -0.121. The normalized spacial score (nSPS) is 20.9. The fourth-order valence-corrected chi connectivity index (χ4v) is 4.86. The molecule has 1 heterocycles. The molecule has 30 heavy (non-hydrogen) atoms. The Morgan fingerprint density at radius 1 is 1.07 bits per heavy atom. The van der Waals surface area contributed by atoms with Gasteiger partial charge >= 0.3 is 0 Å². The van der Waals surface area contributed by atoms with E-state index in [0.717, 1.165) is 28.3 Å². The van der Waals surface area contributed by atoms with Crippen molar-refractivity contribution in [1.29, 1.82) is 0 Å². The first-order valence-corrected chi connectivity index (χ1v) is 10.7. The Hall–Kier alpha value is -2.59. The average Bonchev–Trinajstić information content (AvgIpc) is 2.68. The van der Waals surface area contributed by atoms with Gasteiger partial charge in [-0.15, -0.1) is 0 Å². The summed E-state index contributed by atoms with van der Waals surface area (Å²) in [6.45, 7) is 6.67. The number of hydrogen-bond acceptors (Lipinski definition) is 3. The number of carbonyl (C=O) groups is 2. The third-order valence-electron chi connectivity index (χ3n) is 5.83. The van der Waals surface area contributed by atoms with E-state index in [1.165, 1.54) is 0 Å². The van der Waals surface area contributed by atoms with E-state index < -0.39 is 0 Å². The van der Waals surface area contributed by atoms with Crippen LogP contribution < -0.4 is 9.64 Å². The summed E-state index contributed by atoms with van der Waals surface area (Å²) in [5.74, 6) is 0.542. The average molecular weight is 424 g/mol. The minimum absolute atomic E-state index is 0.0201. The molecule has 156 valence electrons. The van der Waals surface area contributed by atoms with Crippen LogP contribution in [-0.2, 0) is 9.59 Å². The SMILES string of the molecule is CCOc1ccc(N2C(=O)CC(c3ccccc3Cl)C3=C2CC(C)(C)CC3=O)cc1. The number of hydrogen-bond donors (Lipinski definition) is 0. The molecule has 2 aromatic carbocycles. The van der Waals surface area contributed by atoms with Gasteiger partial charge in [-0.2, -0.15) is 0 Å². The predicted octanol–water partition coefficient (Wildman–Crippen LogP) is 5.90. The lowest BCUT2D eigenvalue weighted by Gasteiger charge is -2.43. The van der Waals surface area contributed by atoms with Gasteiger partial charge in [-0.05, 0) is 54.7 Å². The summed E-state index contributed by atoms with van der Waals surface area (Å²) in [6, 6.07) is 15.0. The molecule has 4 rings (SSSR count). The highest BCUT2D eigenvalue weighted by molar-refractivity contribution is 6.31. The molecule has 4 nitrogen and oxygen atoms in total. The largest absolute Gasteiger partial charge is 0.494 e. The van der Waals surface area contributed by atoms with E-state index in [1.807, 2.05) is 55.5 Å². The molecule has 1 atom stereocenters. The van der Waals surface area contributed by atoms with Gasteiger partial charge in [-0.1, -0.05) is 43.6 Å². The zero-order valence-corrected chi connectivity index (χ0v) is 18.3. The summed E-state index contributed by atoms with van der Waals surface area (Å²) >= 11 is 6.47. The maximum absolute atomic E-state index is 13.4. The zero-order valence-electron chi connectivity index (χ0n) is 17.6. The second-order valence-electron chi connectivity index (χ2n) is 8.74. The number of nitrogens with zero attached hydrogens (tertiary/aromatic N) is 1. The molecule has 0 fully saturated rings. The summed E-state index contributed by atoms with van der Waals surface area (Å²) < 4.78 is 5.54. The molecule has 5 heteroatoms. The van der Waals surface area contributed by atoms with E-state index in [4.69, 9.17) is 16.3 Å². The molecular weight excluding hydrogens is 398 g/mol. The Bertz CT molecular complexity index is 1020. The van der Waals surface area contributed by atoms with Crippen LogP contribution in [0.25, 0.3) is 0 Å². The number of carbonyl (C=O) groups excluding carboxylic acids is 2. The summed E-state index contributed by atoms with van der Waals surface area (Å²) in [5.41, 5.74) is 2.94. The van der Waals surface area contributed by atoms with E-state index in [1.54, 1.807) is 4.90 Å². The fraction of sp³-hybridized carbons (Fsp3) is 0.360. The molecule has 0 saturated heterocycles. The van der Waals surface area contributed by atoms with E-state index >= 15 is 0 Å². The van der Waals surface area contributed by atoms with Gasteiger partial charge in [0.05, 0.1) is 6.61 Å². The first kappa shape index (κ1) is 20.7. The fourth-order valence-electron chi connectivity index (χ4n) is 4.60. The number of anilines is 1. The lowest BCUT2D eigenvalue weighted by Crippen LogP contribution is -2.43. The van der Waals surface area contributed by atoms with Crippen LogP contribution in [0.1, 0.15) is 51.5 Å². The third kappa shape index (κ3) is 3.77. The second kappa shape index (κ2) is 7.92. The third-order valence-corrected chi connectivity index (χ3v) is 6.17. The molecule has 2 aliphatic rings. The Morgan fingerprint density at radius 3 is 2.43 bits per heavy atom. The smallest absolute Gasteiger partial charge is 0.232 e. The highest BCUT2D eigenvalue weighted by atomic mass is 35.5. The van der Waals surface area contributed by atoms with Gasteiger partial charge in [0.1, 0.15) is 5.75 Å². The minimum Gasteiger partial charge on any atom is -0.494 e. The first-order valence-electron chi connectivity index (χ1n) is 10.4. The van der Waals surface area contributed by atoms with Crippen LogP contribution in [-0.4, -0.2) is 18.3 Å². The number of ether oxygens (including phenoxy) is 1. The molecule has 0 saturated carbocycles. The molecule has 1 aliphatic heterocycles. The van der Waals surface area contributed by atoms with Gasteiger partial charge in [-0.3, -0.25) is 14.5 Å². The van der Waals surface area contributed by atoms with Gasteiger partial charge in [0.2, 0.25) is 5.91 Å². The number of rotatable bonds is 4. The van der Waals surface area contributed by atoms with Crippen LogP contribution >= 0.6 is 11.6 Å². The van der Waals surface area contributed by atoms with Gasteiger partial charge < -0.3 is 4.74 Å². The van der Waals surface area contributed by atoms with E-state index in [9.17, 15) is 9.59 Å². The van der Waals surface area contributed by atoms with Gasteiger partial charge in [0.15, 0.2) is 5.78 Å². The molecule has 1 unspecified atom stereocenters. The van der Waals surface area contributed by atoms with Gasteiger partial charge in [-0.25, -0.2) is 0 Å². The maximum atomic E-state index is 13.4. The molecule has 0 spiro atoms. The van der Waals surface area contributed by atoms with Crippen molar-refractivity contribution in [2.75, 3.05) is 11.5 Å². The molecule has 0 N–H and O–H groups in total.